The van der Waals surface area contributed by atoms with E-state index in [9.17, 15) is 4.39 Å². The van der Waals surface area contributed by atoms with E-state index in [1.165, 1.54) is 6.07 Å². The van der Waals surface area contributed by atoms with Gasteiger partial charge in [0.15, 0.2) is 0 Å². The first-order chi connectivity index (χ1) is 9.25. The van der Waals surface area contributed by atoms with Crippen molar-refractivity contribution in [1.29, 1.82) is 0 Å². The van der Waals surface area contributed by atoms with Crippen LogP contribution in [0.1, 0.15) is 33.3 Å². The Hall–Kier alpha value is -0.450. The van der Waals surface area contributed by atoms with Gasteiger partial charge in [-0.1, -0.05) is 36.7 Å². The minimum absolute atomic E-state index is 0.176. The summed E-state index contributed by atoms with van der Waals surface area (Å²) in [7, 11) is 0. The topological polar surface area (TPSA) is 15.3 Å². The monoisotopic (exact) mass is 342 g/mol. The highest BCUT2D eigenvalue weighted by Gasteiger charge is 2.34. The van der Waals surface area contributed by atoms with Gasteiger partial charge in [-0.15, -0.1) is 0 Å². The average Bonchev–Trinajstić information content (AvgIpc) is 2.25. The molecule has 0 bridgehead atoms. The Morgan fingerprint density at radius 1 is 1.35 bits per heavy atom. The fourth-order valence-electron chi connectivity index (χ4n) is 2.95. The van der Waals surface area contributed by atoms with Gasteiger partial charge >= 0.3 is 0 Å². The molecule has 1 fully saturated rings. The molecular formula is C16H24BrFN2. The summed E-state index contributed by atoms with van der Waals surface area (Å²) in [4.78, 5) is 2.47. The second-order valence-corrected chi connectivity index (χ2v) is 7.81. The van der Waals surface area contributed by atoms with Crippen LogP contribution < -0.4 is 5.32 Å². The molecule has 1 aromatic rings. The standard InChI is InChI=1S/C16H24BrFN2/c1-11-9-20(15(8-19-11)16(2,3)4)10-12-5-13(17)7-14(18)6-12/h5-7,11,15,19H,8-10H2,1-4H3. The Morgan fingerprint density at radius 3 is 2.65 bits per heavy atom. The van der Waals surface area contributed by atoms with Crippen LogP contribution in [0, 0.1) is 11.2 Å². The van der Waals surface area contributed by atoms with Crippen molar-refractivity contribution >= 4 is 15.9 Å². The van der Waals surface area contributed by atoms with Crippen LogP contribution in [0.2, 0.25) is 0 Å². The van der Waals surface area contributed by atoms with E-state index in [-0.39, 0.29) is 11.2 Å². The number of halogens is 2. The van der Waals surface area contributed by atoms with Crippen LogP contribution in [-0.4, -0.2) is 30.1 Å². The molecule has 2 unspecified atom stereocenters. The summed E-state index contributed by atoms with van der Waals surface area (Å²) in [5.41, 5.74) is 1.23. The molecule has 2 rings (SSSR count). The third-order valence-electron chi connectivity index (χ3n) is 3.92. The summed E-state index contributed by atoms with van der Waals surface area (Å²) >= 11 is 3.37. The summed E-state index contributed by atoms with van der Waals surface area (Å²) < 4.78 is 14.3. The van der Waals surface area contributed by atoms with E-state index < -0.39 is 0 Å². The number of benzene rings is 1. The van der Waals surface area contributed by atoms with Gasteiger partial charge in [0.25, 0.3) is 0 Å². The molecule has 1 aliphatic heterocycles. The third kappa shape index (κ3) is 4.03. The van der Waals surface area contributed by atoms with Crippen LogP contribution in [-0.2, 0) is 6.54 Å². The van der Waals surface area contributed by atoms with Gasteiger partial charge in [-0.25, -0.2) is 4.39 Å². The van der Waals surface area contributed by atoms with Crippen LogP contribution >= 0.6 is 15.9 Å². The first-order valence-electron chi connectivity index (χ1n) is 7.18. The molecule has 1 saturated heterocycles. The van der Waals surface area contributed by atoms with E-state index in [4.69, 9.17) is 0 Å². The summed E-state index contributed by atoms with van der Waals surface area (Å²) in [5, 5.41) is 3.55. The minimum Gasteiger partial charge on any atom is -0.311 e. The molecule has 2 nitrogen and oxygen atoms in total. The lowest BCUT2D eigenvalue weighted by atomic mass is 9.83. The predicted octanol–water partition coefficient (Wildman–Crippen LogP) is 3.80. The molecule has 1 N–H and O–H groups in total. The van der Waals surface area contributed by atoms with Gasteiger partial charge in [-0.2, -0.15) is 0 Å². The largest absolute Gasteiger partial charge is 0.311 e. The smallest absolute Gasteiger partial charge is 0.124 e. The highest BCUT2D eigenvalue weighted by molar-refractivity contribution is 9.10. The van der Waals surface area contributed by atoms with E-state index in [0.717, 1.165) is 29.7 Å². The maximum absolute atomic E-state index is 13.5. The maximum Gasteiger partial charge on any atom is 0.124 e. The van der Waals surface area contributed by atoms with Crippen molar-refractivity contribution in [2.45, 2.75) is 46.3 Å². The van der Waals surface area contributed by atoms with Crippen molar-refractivity contribution in [3.63, 3.8) is 0 Å². The van der Waals surface area contributed by atoms with Gasteiger partial charge in [-0.05, 0) is 36.1 Å². The summed E-state index contributed by atoms with van der Waals surface area (Å²) in [6.45, 7) is 11.8. The molecule has 0 spiro atoms. The molecule has 4 heteroatoms. The quantitative estimate of drug-likeness (QED) is 0.879. The summed E-state index contributed by atoms with van der Waals surface area (Å²) in [6, 6.07) is 6.09. The fourth-order valence-corrected chi connectivity index (χ4v) is 3.46. The van der Waals surface area contributed by atoms with E-state index in [1.807, 2.05) is 6.07 Å². The second kappa shape index (κ2) is 6.12. The van der Waals surface area contributed by atoms with Crippen LogP contribution in [0.3, 0.4) is 0 Å². The lowest BCUT2D eigenvalue weighted by molar-refractivity contribution is 0.0525. The summed E-state index contributed by atoms with van der Waals surface area (Å²) in [6.07, 6.45) is 0. The molecule has 1 heterocycles. The molecule has 1 aromatic carbocycles. The lowest BCUT2D eigenvalue weighted by Crippen LogP contribution is -2.59. The number of piperazine rings is 1. The van der Waals surface area contributed by atoms with Gasteiger partial charge < -0.3 is 5.32 Å². The second-order valence-electron chi connectivity index (χ2n) is 6.90. The molecule has 20 heavy (non-hydrogen) atoms. The molecule has 112 valence electrons. The molecule has 0 saturated carbocycles. The van der Waals surface area contributed by atoms with Crippen LogP contribution in [0.15, 0.2) is 22.7 Å². The molecule has 0 aliphatic carbocycles. The van der Waals surface area contributed by atoms with Crippen molar-refractivity contribution in [2.75, 3.05) is 13.1 Å². The molecule has 1 aliphatic rings. The van der Waals surface area contributed by atoms with E-state index in [1.54, 1.807) is 6.07 Å². The van der Waals surface area contributed by atoms with Gasteiger partial charge in [0, 0.05) is 36.2 Å². The summed E-state index contributed by atoms with van der Waals surface area (Å²) in [5.74, 6) is -0.176. The molecule has 2 atom stereocenters. The van der Waals surface area contributed by atoms with E-state index in [2.05, 4.69) is 53.8 Å². The predicted molar refractivity (Wildman–Crippen MR) is 85.2 cm³/mol. The number of hydrogen-bond donors (Lipinski definition) is 1. The first-order valence-corrected chi connectivity index (χ1v) is 7.97. The van der Waals surface area contributed by atoms with Crippen LogP contribution in [0.4, 0.5) is 4.39 Å². The molecule has 0 aromatic heterocycles. The van der Waals surface area contributed by atoms with Crippen molar-refractivity contribution < 1.29 is 4.39 Å². The Labute approximate surface area is 129 Å². The lowest BCUT2D eigenvalue weighted by Gasteiger charge is -2.46. The zero-order chi connectivity index (χ0) is 14.9. The average molecular weight is 343 g/mol. The first kappa shape index (κ1) is 15.9. The Kier molecular flexibility index (Phi) is 4.88. The highest BCUT2D eigenvalue weighted by atomic mass is 79.9. The third-order valence-corrected chi connectivity index (χ3v) is 4.37. The van der Waals surface area contributed by atoms with Crippen molar-refractivity contribution in [3.8, 4) is 0 Å². The SMILES string of the molecule is CC1CN(Cc2cc(F)cc(Br)c2)C(C(C)(C)C)CN1. The number of nitrogens with zero attached hydrogens (tertiary/aromatic N) is 1. The Morgan fingerprint density at radius 2 is 2.05 bits per heavy atom. The van der Waals surface area contributed by atoms with Gasteiger partial charge in [0.2, 0.25) is 0 Å². The fraction of sp³-hybridized carbons (Fsp3) is 0.625. The van der Waals surface area contributed by atoms with Gasteiger partial charge in [0.1, 0.15) is 5.82 Å². The van der Waals surface area contributed by atoms with E-state index in [0.29, 0.717) is 12.1 Å². The zero-order valence-electron chi connectivity index (χ0n) is 12.7. The maximum atomic E-state index is 13.5. The van der Waals surface area contributed by atoms with Crippen molar-refractivity contribution in [2.24, 2.45) is 5.41 Å². The highest BCUT2D eigenvalue weighted by Crippen LogP contribution is 2.28. The molecule has 0 amide bonds. The number of hydrogen-bond acceptors (Lipinski definition) is 2. The van der Waals surface area contributed by atoms with Crippen molar-refractivity contribution in [1.82, 2.24) is 10.2 Å². The van der Waals surface area contributed by atoms with Crippen molar-refractivity contribution in [3.05, 3.63) is 34.1 Å². The van der Waals surface area contributed by atoms with E-state index >= 15 is 0 Å². The number of nitrogens with one attached hydrogen (secondary N) is 1. The van der Waals surface area contributed by atoms with Gasteiger partial charge in [-0.3, -0.25) is 4.90 Å². The number of rotatable bonds is 2. The van der Waals surface area contributed by atoms with Gasteiger partial charge in [0.05, 0.1) is 0 Å². The zero-order valence-corrected chi connectivity index (χ0v) is 14.3. The van der Waals surface area contributed by atoms with Crippen LogP contribution in [0.25, 0.3) is 0 Å². The molecular weight excluding hydrogens is 319 g/mol. The Balaban J connectivity index is 2.18. The van der Waals surface area contributed by atoms with Crippen LogP contribution in [0.5, 0.6) is 0 Å². The Bertz CT molecular complexity index is 450. The molecule has 0 radical (unpaired) electrons. The minimum atomic E-state index is -0.176. The normalized spacial score (nSPS) is 24.9.